The summed E-state index contributed by atoms with van der Waals surface area (Å²) in [5.74, 6) is 0.0249. The van der Waals surface area contributed by atoms with Gasteiger partial charge in [0.25, 0.3) is 0 Å². The molecule has 0 bridgehead atoms. The molecule has 0 fully saturated rings. The molecular formula is C14H15BrN2O2. The van der Waals surface area contributed by atoms with Crippen LogP contribution in [-0.2, 0) is 9.53 Å². The number of benzene rings is 1. The number of esters is 1. The van der Waals surface area contributed by atoms with Gasteiger partial charge in [-0.3, -0.25) is 4.79 Å². The fourth-order valence-corrected chi connectivity index (χ4v) is 2.44. The molecule has 0 aliphatic rings. The highest BCUT2D eigenvalue weighted by Gasteiger charge is 2.22. The molecule has 100 valence electrons. The molecule has 2 rings (SSSR count). The molecule has 1 N–H and O–H groups in total. The maximum atomic E-state index is 11.7. The molecule has 0 aliphatic heterocycles. The Morgan fingerprint density at radius 2 is 2.21 bits per heavy atom. The maximum Gasteiger partial charge on any atom is 0.316 e. The fourth-order valence-electron chi connectivity index (χ4n) is 1.94. The van der Waals surface area contributed by atoms with Gasteiger partial charge in [0.1, 0.15) is 11.7 Å². The van der Waals surface area contributed by atoms with Crippen LogP contribution in [0.15, 0.2) is 34.9 Å². The Bertz CT molecular complexity index is 580. The molecule has 1 atom stereocenters. The van der Waals surface area contributed by atoms with Crippen molar-refractivity contribution in [2.75, 3.05) is 7.11 Å². The van der Waals surface area contributed by atoms with E-state index in [-0.39, 0.29) is 11.9 Å². The van der Waals surface area contributed by atoms with Crippen molar-refractivity contribution in [2.24, 2.45) is 0 Å². The van der Waals surface area contributed by atoms with Gasteiger partial charge < -0.3 is 9.72 Å². The minimum atomic E-state index is -0.346. The molecular weight excluding hydrogens is 308 g/mol. The SMILES string of the molecule is CCC(C(=O)OC)c1ncc(-c2ccccc2Br)[nH]1. The Hall–Kier alpha value is -1.62. The van der Waals surface area contributed by atoms with Crippen molar-refractivity contribution in [3.05, 3.63) is 40.8 Å². The first-order valence-electron chi connectivity index (χ1n) is 6.05. The van der Waals surface area contributed by atoms with E-state index in [0.29, 0.717) is 12.2 Å². The highest BCUT2D eigenvalue weighted by Crippen LogP contribution is 2.28. The maximum absolute atomic E-state index is 11.7. The average Bonchev–Trinajstić information content (AvgIpc) is 2.89. The number of H-pyrrole nitrogens is 1. The molecule has 0 aliphatic carbocycles. The Kier molecular flexibility index (Phi) is 4.37. The lowest BCUT2D eigenvalue weighted by Gasteiger charge is -2.09. The van der Waals surface area contributed by atoms with Gasteiger partial charge in [0, 0.05) is 10.0 Å². The third-order valence-corrected chi connectivity index (χ3v) is 3.68. The minimum Gasteiger partial charge on any atom is -0.468 e. The van der Waals surface area contributed by atoms with Gasteiger partial charge in [-0.25, -0.2) is 4.98 Å². The summed E-state index contributed by atoms with van der Waals surface area (Å²) >= 11 is 3.50. The van der Waals surface area contributed by atoms with Crippen LogP contribution in [0.5, 0.6) is 0 Å². The van der Waals surface area contributed by atoms with Gasteiger partial charge in [-0.2, -0.15) is 0 Å². The first-order chi connectivity index (χ1) is 9.17. The quantitative estimate of drug-likeness (QED) is 0.876. The van der Waals surface area contributed by atoms with Gasteiger partial charge in [-0.15, -0.1) is 0 Å². The molecule has 1 aromatic heterocycles. The summed E-state index contributed by atoms with van der Waals surface area (Å²) in [6.07, 6.45) is 2.39. The van der Waals surface area contributed by atoms with E-state index in [9.17, 15) is 4.79 Å². The number of hydrogen-bond acceptors (Lipinski definition) is 3. The highest BCUT2D eigenvalue weighted by atomic mass is 79.9. The van der Waals surface area contributed by atoms with Crippen molar-refractivity contribution in [1.82, 2.24) is 9.97 Å². The lowest BCUT2D eigenvalue weighted by molar-refractivity contribution is -0.142. The molecule has 4 nitrogen and oxygen atoms in total. The van der Waals surface area contributed by atoms with E-state index in [4.69, 9.17) is 4.74 Å². The second-order valence-corrected chi connectivity index (χ2v) is 5.00. The zero-order valence-electron chi connectivity index (χ0n) is 10.8. The van der Waals surface area contributed by atoms with Gasteiger partial charge in [0.15, 0.2) is 0 Å². The zero-order chi connectivity index (χ0) is 13.8. The predicted octanol–water partition coefficient (Wildman–Crippen LogP) is 3.51. The average molecular weight is 323 g/mol. The number of carbonyl (C=O) groups excluding carboxylic acids is 1. The van der Waals surface area contributed by atoms with Crippen LogP contribution >= 0.6 is 15.9 Å². The molecule has 19 heavy (non-hydrogen) atoms. The number of ether oxygens (including phenoxy) is 1. The number of imidazole rings is 1. The highest BCUT2D eigenvalue weighted by molar-refractivity contribution is 9.10. The van der Waals surface area contributed by atoms with Gasteiger partial charge in [0.2, 0.25) is 0 Å². The molecule has 0 saturated heterocycles. The smallest absolute Gasteiger partial charge is 0.316 e. The number of nitrogens with zero attached hydrogens (tertiary/aromatic N) is 1. The summed E-state index contributed by atoms with van der Waals surface area (Å²) < 4.78 is 5.77. The molecule has 1 aromatic carbocycles. The van der Waals surface area contributed by atoms with Gasteiger partial charge in [-0.1, -0.05) is 41.1 Å². The summed E-state index contributed by atoms with van der Waals surface area (Å²) in [7, 11) is 1.39. The summed E-state index contributed by atoms with van der Waals surface area (Å²) in [5.41, 5.74) is 1.89. The van der Waals surface area contributed by atoms with Crippen molar-refractivity contribution in [3.8, 4) is 11.3 Å². The predicted molar refractivity (Wildman–Crippen MR) is 76.8 cm³/mol. The number of methoxy groups -OCH3 is 1. The lowest BCUT2D eigenvalue weighted by atomic mass is 10.1. The monoisotopic (exact) mass is 322 g/mol. The Morgan fingerprint density at radius 3 is 2.84 bits per heavy atom. The van der Waals surface area contributed by atoms with E-state index >= 15 is 0 Å². The number of carbonyl (C=O) groups is 1. The third-order valence-electron chi connectivity index (χ3n) is 2.98. The van der Waals surface area contributed by atoms with Crippen molar-refractivity contribution < 1.29 is 9.53 Å². The molecule has 2 aromatic rings. The van der Waals surface area contributed by atoms with Crippen molar-refractivity contribution in [2.45, 2.75) is 19.3 Å². The molecule has 5 heteroatoms. The number of aromatic amines is 1. The third kappa shape index (κ3) is 2.87. The van der Waals surface area contributed by atoms with Crippen LogP contribution in [-0.4, -0.2) is 23.0 Å². The van der Waals surface area contributed by atoms with E-state index in [1.54, 1.807) is 6.20 Å². The topological polar surface area (TPSA) is 55.0 Å². The summed E-state index contributed by atoms with van der Waals surface area (Å²) in [5, 5.41) is 0. The molecule has 1 heterocycles. The number of rotatable bonds is 4. The van der Waals surface area contributed by atoms with Crippen LogP contribution in [0.3, 0.4) is 0 Å². The first-order valence-corrected chi connectivity index (χ1v) is 6.84. The Labute approximate surface area is 120 Å². The molecule has 0 amide bonds. The first kappa shape index (κ1) is 13.8. The number of aromatic nitrogens is 2. The number of hydrogen-bond donors (Lipinski definition) is 1. The van der Waals surface area contributed by atoms with E-state index < -0.39 is 0 Å². The molecule has 0 radical (unpaired) electrons. The van der Waals surface area contributed by atoms with Crippen LogP contribution in [0.1, 0.15) is 25.1 Å². The van der Waals surface area contributed by atoms with Crippen LogP contribution in [0.4, 0.5) is 0 Å². The molecule has 0 saturated carbocycles. The van der Waals surface area contributed by atoms with Crippen LogP contribution in [0.2, 0.25) is 0 Å². The van der Waals surface area contributed by atoms with Crippen LogP contribution in [0, 0.1) is 0 Å². The molecule has 1 unspecified atom stereocenters. The Morgan fingerprint density at radius 1 is 1.47 bits per heavy atom. The van der Waals surface area contributed by atoms with Crippen LogP contribution in [0.25, 0.3) is 11.3 Å². The normalized spacial score (nSPS) is 12.2. The molecule has 0 spiro atoms. The van der Waals surface area contributed by atoms with Crippen molar-refractivity contribution in [3.63, 3.8) is 0 Å². The fraction of sp³-hybridized carbons (Fsp3) is 0.286. The summed E-state index contributed by atoms with van der Waals surface area (Å²) in [6.45, 7) is 1.93. The number of nitrogens with one attached hydrogen (secondary N) is 1. The van der Waals surface area contributed by atoms with E-state index in [0.717, 1.165) is 15.7 Å². The van der Waals surface area contributed by atoms with Gasteiger partial charge in [0.05, 0.1) is 19.0 Å². The van der Waals surface area contributed by atoms with E-state index in [1.807, 2.05) is 31.2 Å². The Balaban J connectivity index is 2.33. The van der Waals surface area contributed by atoms with Crippen molar-refractivity contribution in [1.29, 1.82) is 0 Å². The van der Waals surface area contributed by atoms with E-state index in [1.165, 1.54) is 7.11 Å². The largest absolute Gasteiger partial charge is 0.468 e. The van der Waals surface area contributed by atoms with Crippen molar-refractivity contribution >= 4 is 21.9 Å². The zero-order valence-corrected chi connectivity index (χ0v) is 12.4. The van der Waals surface area contributed by atoms with Crippen LogP contribution < -0.4 is 0 Å². The number of halogens is 1. The second-order valence-electron chi connectivity index (χ2n) is 4.15. The van der Waals surface area contributed by atoms with Gasteiger partial charge >= 0.3 is 5.97 Å². The lowest BCUT2D eigenvalue weighted by Crippen LogP contribution is -2.14. The standard InChI is InChI=1S/C14H15BrN2O2/c1-3-9(14(18)19-2)13-16-8-12(17-13)10-6-4-5-7-11(10)15/h4-9H,3H2,1-2H3,(H,16,17). The van der Waals surface area contributed by atoms with Gasteiger partial charge in [-0.05, 0) is 12.5 Å². The van der Waals surface area contributed by atoms with E-state index in [2.05, 4.69) is 25.9 Å². The summed E-state index contributed by atoms with van der Waals surface area (Å²) in [4.78, 5) is 19.2. The summed E-state index contributed by atoms with van der Waals surface area (Å²) in [6, 6.07) is 7.86. The second kappa shape index (κ2) is 6.02. The minimum absolute atomic E-state index is 0.268.